The molecule has 0 unspecified atom stereocenters. The predicted octanol–water partition coefficient (Wildman–Crippen LogP) is 1.62. The highest BCUT2D eigenvalue weighted by atomic mass is 16.6. The number of methoxy groups -OCH3 is 1. The van der Waals surface area contributed by atoms with E-state index in [1.54, 1.807) is 20.8 Å². The van der Waals surface area contributed by atoms with Crippen LogP contribution in [0.15, 0.2) is 0 Å². The van der Waals surface area contributed by atoms with Gasteiger partial charge in [0.25, 0.3) is 0 Å². The second-order valence-corrected chi connectivity index (χ2v) is 7.23. The molecular weight excluding hydrogens is 302 g/mol. The first kappa shape index (κ1) is 19.7. The second kappa shape index (κ2) is 7.97. The van der Waals surface area contributed by atoms with Crippen molar-refractivity contribution in [2.45, 2.75) is 77.4 Å². The normalized spacial score (nSPS) is 28.3. The Morgan fingerprint density at radius 1 is 1.35 bits per heavy atom. The van der Waals surface area contributed by atoms with E-state index in [9.17, 15) is 14.7 Å². The quantitative estimate of drug-likeness (QED) is 0.760. The number of ether oxygens (including phenoxy) is 3. The van der Waals surface area contributed by atoms with E-state index >= 15 is 0 Å². The third kappa shape index (κ3) is 6.35. The molecule has 1 rings (SSSR count). The number of aliphatic hydroxyl groups excluding tert-OH is 1. The van der Waals surface area contributed by atoms with Crippen molar-refractivity contribution in [1.29, 1.82) is 0 Å². The van der Waals surface area contributed by atoms with Crippen LogP contribution in [-0.4, -0.2) is 54.2 Å². The molecule has 0 aromatic rings. The summed E-state index contributed by atoms with van der Waals surface area (Å²) in [5.41, 5.74) is -0.622. The topological polar surface area (TPSA) is 94.1 Å². The highest BCUT2D eigenvalue weighted by molar-refractivity contribution is 5.70. The van der Waals surface area contributed by atoms with E-state index < -0.39 is 36.0 Å². The average Bonchev–Trinajstić information content (AvgIpc) is 2.39. The summed E-state index contributed by atoms with van der Waals surface area (Å²) in [5, 5.41) is 13.1. The van der Waals surface area contributed by atoms with Crippen LogP contribution in [0.1, 0.15) is 47.5 Å². The number of nitrogens with one attached hydrogen (secondary N) is 1. The average molecular weight is 331 g/mol. The minimum absolute atomic E-state index is 0.0355. The Morgan fingerprint density at radius 2 is 1.96 bits per heavy atom. The van der Waals surface area contributed by atoms with Gasteiger partial charge in [0.05, 0.1) is 31.8 Å². The SMILES string of the molecule is COC(=O)C[C@@H]1C[C@H](NC(=O)OC(C)(C)C)[C@@H](O)[C@H](C(C)C)O1. The number of hydrogen-bond donors (Lipinski definition) is 2. The fraction of sp³-hybridized carbons (Fsp3) is 0.875. The van der Waals surface area contributed by atoms with Crippen molar-refractivity contribution in [2.24, 2.45) is 5.92 Å². The van der Waals surface area contributed by atoms with Gasteiger partial charge in [0.15, 0.2) is 0 Å². The van der Waals surface area contributed by atoms with Crippen molar-refractivity contribution in [3.05, 3.63) is 0 Å². The fourth-order valence-electron chi connectivity index (χ4n) is 2.57. The fourth-order valence-corrected chi connectivity index (χ4v) is 2.57. The molecule has 7 nitrogen and oxygen atoms in total. The lowest BCUT2D eigenvalue weighted by molar-refractivity contribution is -0.164. The second-order valence-electron chi connectivity index (χ2n) is 7.23. The summed E-state index contributed by atoms with van der Waals surface area (Å²) in [6, 6.07) is -0.541. The smallest absolute Gasteiger partial charge is 0.407 e. The van der Waals surface area contributed by atoms with E-state index in [4.69, 9.17) is 9.47 Å². The zero-order valence-corrected chi connectivity index (χ0v) is 14.8. The predicted molar refractivity (Wildman–Crippen MR) is 83.9 cm³/mol. The van der Waals surface area contributed by atoms with Gasteiger partial charge in [0.1, 0.15) is 11.7 Å². The number of carbonyl (C=O) groups is 2. The Kier molecular flexibility index (Phi) is 6.83. The van der Waals surface area contributed by atoms with Crippen LogP contribution in [0.25, 0.3) is 0 Å². The van der Waals surface area contributed by atoms with Crippen molar-refractivity contribution < 1.29 is 28.9 Å². The summed E-state index contributed by atoms with van der Waals surface area (Å²) < 4.78 is 15.7. The Morgan fingerprint density at radius 3 is 2.43 bits per heavy atom. The molecule has 0 bridgehead atoms. The summed E-state index contributed by atoms with van der Waals surface area (Å²) in [6.45, 7) is 9.13. The van der Waals surface area contributed by atoms with Gasteiger partial charge < -0.3 is 24.6 Å². The van der Waals surface area contributed by atoms with Gasteiger partial charge in [-0.1, -0.05) is 13.8 Å². The largest absolute Gasteiger partial charge is 0.469 e. The van der Waals surface area contributed by atoms with Crippen molar-refractivity contribution in [2.75, 3.05) is 7.11 Å². The summed E-state index contributed by atoms with van der Waals surface area (Å²) in [6.07, 6.45) is -1.95. The molecule has 2 N–H and O–H groups in total. The van der Waals surface area contributed by atoms with Gasteiger partial charge in [0, 0.05) is 0 Å². The van der Waals surface area contributed by atoms with E-state index in [-0.39, 0.29) is 18.3 Å². The molecule has 1 aliphatic rings. The lowest BCUT2D eigenvalue weighted by Gasteiger charge is -2.41. The van der Waals surface area contributed by atoms with Gasteiger partial charge in [-0.3, -0.25) is 4.79 Å². The Labute approximate surface area is 137 Å². The Bertz CT molecular complexity index is 417. The molecule has 1 aliphatic heterocycles. The molecule has 0 spiro atoms. The third-order valence-electron chi connectivity index (χ3n) is 3.60. The number of alkyl carbamates (subject to hydrolysis) is 1. The lowest BCUT2D eigenvalue weighted by atomic mass is 9.88. The number of carbonyl (C=O) groups excluding carboxylic acids is 2. The summed E-state index contributed by atoms with van der Waals surface area (Å²) in [5.74, 6) is -0.349. The molecule has 1 saturated heterocycles. The van der Waals surface area contributed by atoms with Gasteiger partial charge in [-0.05, 0) is 33.1 Å². The third-order valence-corrected chi connectivity index (χ3v) is 3.60. The summed E-state index contributed by atoms with van der Waals surface area (Å²) in [7, 11) is 1.32. The van der Waals surface area contributed by atoms with E-state index in [1.165, 1.54) is 7.11 Å². The molecular formula is C16H29NO6. The molecule has 0 aliphatic carbocycles. The van der Waals surface area contributed by atoms with Crippen molar-refractivity contribution >= 4 is 12.1 Å². The molecule has 0 aromatic carbocycles. The van der Waals surface area contributed by atoms with Crippen molar-refractivity contribution in [3.8, 4) is 0 Å². The van der Waals surface area contributed by atoms with E-state index in [2.05, 4.69) is 10.1 Å². The molecule has 1 heterocycles. The number of aliphatic hydroxyl groups is 1. The maximum Gasteiger partial charge on any atom is 0.407 e. The first-order valence-electron chi connectivity index (χ1n) is 7.93. The first-order valence-corrected chi connectivity index (χ1v) is 7.93. The Hall–Kier alpha value is -1.34. The van der Waals surface area contributed by atoms with Crippen LogP contribution in [0.5, 0.6) is 0 Å². The molecule has 4 atom stereocenters. The monoisotopic (exact) mass is 331 g/mol. The molecule has 7 heteroatoms. The minimum Gasteiger partial charge on any atom is -0.469 e. The van der Waals surface area contributed by atoms with Gasteiger partial charge in [0.2, 0.25) is 0 Å². The van der Waals surface area contributed by atoms with Crippen LogP contribution in [0.2, 0.25) is 0 Å². The summed E-state index contributed by atoms with van der Waals surface area (Å²) in [4.78, 5) is 23.4. The van der Waals surface area contributed by atoms with Gasteiger partial charge >= 0.3 is 12.1 Å². The van der Waals surface area contributed by atoms with Crippen molar-refractivity contribution in [1.82, 2.24) is 5.32 Å². The van der Waals surface area contributed by atoms with Crippen LogP contribution in [0.4, 0.5) is 4.79 Å². The maximum atomic E-state index is 12.0. The number of amides is 1. The maximum absolute atomic E-state index is 12.0. The summed E-state index contributed by atoms with van der Waals surface area (Å²) >= 11 is 0. The van der Waals surface area contributed by atoms with Gasteiger partial charge in [-0.15, -0.1) is 0 Å². The van der Waals surface area contributed by atoms with Gasteiger partial charge in [-0.25, -0.2) is 4.79 Å². The van der Waals surface area contributed by atoms with Crippen LogP contribution in [-0.2, 0) is 19.0 Å². The molecule has 1 amide bonds. The van der Waals surface area contributed by atoms with Crippen LogP contribution >= 0.6 is 0 Å². The van der Waals surface area contributed by atoms with E-state index in [1.807, 2.05) is 13.8 Å². The zero-order valence-electron chi connectivity index (χ0n) is 14.8. The van der Waals surface area contributed by atoms with Crippen molar-refractivity contribution in [3.63, 3.8) is 0 Å². The zero-order chi connectivity index (χ0) is 17.8. The van der Waals surface area contributed by atoms with Crippen LogP contribution in [0.3, 0.4) is 0 Å². The highest BCUT2D eigenvalue weighted by Gasteiger charge is 2.41. The number of hydrogen-bond acceptors (Lipinski definition) is 6. The molecule has 1 fully saturated rings. The molecule has 134 valence electrons. The van der Waals surface area contributed by atoms with E-state index in [0.717, 1.165) is 0 Å². The van der Waals surface area contributed by atoms with E-state index in [0.29, 0.717) is 6.42 Å². The molecule has 0 aromatic heterocycles. The molecule has 0 saturated carbocycles. The van der Waals surface area contributed by atoms with Crippen LogP contribution in [0, 0.1) is 5.92 Å². The van der Waals surface area contributed by atoms with Crippen LogP contribution < -0.4 is 5.32 Å². The first-order chi connectivity index (χ1) is 10.5. The highest BCUT2D eigenvalue weighted by Crippen LogP contribution is 2.27. The Balaban J connectivity index is 2.77. The lowest BCUT2D eigenvalue weighted by Crippen LogP contribution is -2.57. The molecule has 0 radical (unpaired) electrons. The standard InChI is InChI=1S/C16H29NO6/c1-9(2)14-13(19)11(17-15(20)23-16(3,4)5)7-10(22-14)8-12(18)21-6/h9-11,13-14,19H,7-8H2,1-6H3,(H,17,20)/t10-,11-,13+,14-/m0/s1. The minimum atomic E-state index is -0.864. The molecule has 23 heavy (non-hydrogen) atoms. The number of rotatable bonds is 4. The number of esters is 1. The van der Waals surface area contributed by atoms with Gasteiger partial charge in [-0.2, -0.15) is 0 Å².